The number of hydrogen-bond acceptors (Lipinski definition) is 3. The maximum absolute atomic E-state index is 13.1. The molecule has 0 fully saturated rings. The summed E-state index contributed by atoms with van der Waals surface area (Å²) in [5.41, 5.74) is 5.05. The Hall–Kier alpha value is -2.98. The van der Waals surface area contributed by atoms with E-state index in [1.54, 1.807) is 17.4 Å². The van der Waals surface area contributed by atoms with E-state index in [0.29, 0.717) is 17.9 Å². The lowest BCUT2D eigenvalue weighted by atomic mass is 9.99. The lowest BCUT2D eigenvalue weighted by Crippen LogP contribution is -2.28. The van der Waals surface area contributed by atoms with Gasteiger partial charge in [0.15, 0.2) is 0 Å². The zero-order valence-electron chi connectivity index (χ0n) is 15.5. The van der Waals surface area contributed by atoms with Gasteiger partial charge in [0.1, 0.15) is 0 Å². The summed E-state index contributed by atoms with van der Waals surface area (Å²) in [4.78, 5) is 17.2. The first-order valence-electron chi connectivity index (χ1n) is 9.21. The summed E-state index contributed by atoms with van der Waals surface area (Å²) in [6, 6.07) is 19.4. The maximum atomic E-state index is 13.1. The molecule has 1 aliphatic heterocycles. The highest BCUT2D eigenvalue weighted by molar-refractivity contribution is 6.30. The number of hydrogen-bond donors (Lipinski definition) is 0. The van der Waals surface area contributed by atoms with Crippen molar-refractivity contribution in [1.82, 2.24) is 9.99 Å². The van der Waals surface area contributed by atoms with E-state index in [1.165, 1.54) is 5.56 Å². The third-order valence-electron chi connectivity index (χ3n) is 4.91. The van der Waals surface area contributed by atoms with Gasteiger partial charge in [-0.25, -0.2) is 5.01 Å². The Morgan fingerprint density at radius 2 is 1.71 bits per heavy atom. The molecular formula is C23H20ClN3O. The zero-order chi connectivity index (χ0) is 19.5. The molecule has 1 unspecified atom stereocenters. The molecule has 1 atom stereocenters. The van der Waals surface area contributed by atoms with Gasteiger partial charge in [-0.2, -0.15) is 5.10 Å². The van der Waals surface area contributed by atoms with Crippen LogP contribution in [0.1, 0.15) is 34.7 Å². The van der Waals surface area contributed by atoms with E-state index in [4.69, 9.17) is 16.7 Å². The molecule has 1 aromatic heterocycles. The van der Waals surface area contributed by atoms with Crippen LogP contribution in [0, 0.1) is 6.92 Å². The largest absolute Gasteiger partial charge is 0.273 e. The third-order valence-corrected chi connectivity index (χ3v) is 5.16. The summed E-state index contributed by atoms with van der Waals surface area (Å²) in [6.45, 7) is 2.04. The van der Waals surface area contributed by atoms with Crippen molar-refractivity contribution in [2.75, 3.05) is 0 Å². The van der Waals surface area contributed by atoms with E-state index >= 15 is 0 Å². The third kappa shape index (κ3) is 3.97. The molecule has 0 N–H and O–H groups in total. The molecule has 4 rings (SSSR count). The molecule has 2 heterocycles. The standard InChI is InChI=1S/C23H20ClN3O/c1-16-2-4-17(5-3-16)14-23(28)27-22(19-10-12-25-13-11-19)15-21(26-27)18-6-8-20(24)9-7-18/h2-13,22H,14-15H2,1H3. The second kappa shape index (κ2) is 7.95. The Balaban J connectivity index is 1.63. The van der Waals surface area contributed by atoms with E-state index in [2.05, 4.69) is 4.98 Å². The van der Waals surface area contributed by atoms with Crippen LogP contribution in [0.4, 0.5) is 0 Å². The highest BCUT2D eigenvalue weighted by Gasteiger charge is 2.32. The number of nitrogens with zero attached hydrogens (tertiary/aromatic N) is 3. The molecule has 1 amide bonds. The molecule has 4 nitrogen and oxygen atoms in total. The van der Waals surface area contributed by atoms with E-state index in [1.807, 2.05) is 67.6 Å². The van der Waals surface area contributed by atoms with Gasteiger partial charge >= 0.3 is 0 Å². The Labute approximate surface area is 169 Å². The van der Waals surface area contributed by atoms with Gasteiger partial charge in [0.25, 0.3) is 0 Å². The predicted octanol–water partition coefficient (Wildman–Crippen LogP) is 4.96. The quantitative estimate of drug-likeness (QED) is 0.632. The number of aryl methyl sites for hydroxylation is 1. The number of halogens is 1. The molecular weight excluding hydrogens is 370 g/mol. The van der Waals surface area contributed by atoms with Crippen LogP contribution in [0.25, 0.3) is 0 Å². The monoisotopic (exact) mass is 389 g/mol. The Morgan fingerprint density at radius 3 is 2.39 bits per heavy atom. The smallest absolute Gasteiger partial charge is 0.247 e. The van der Waals surface area contributed by atoms with Gasteiger partial charge in [-0.15, -0.1) is 0 Å². The molecule has 0 radical (unpaired) electrons. The predicted molar refractivity (Wildman–Crippen MR) is 111 cm³/mol. The summed E-state index contributed by atoms with van der Waals surface area (Å²) in [6.07, 6.45) is 4.47. The van der Waals surface area contributed by atoms with Gasteiger partial charge in [0.05, 0.1) is 18.2 Å². The lowest BCUT2D eigenvalue weighted by Gasteiger charge is -2.22. The Morgan fingerprint density at radius 1 is 1.04 bits per heavy atom. The minimum absolute atomic E-state index is 0.0189. The highest BCUT2D eigenvalue weighted by atomic mass is 35.5. The van der Waals surface area contributed by atoms with Crippen LogP contribution in [0.3, 0.4) is 0 Å². The summed E-state index contributed by atoms with van der Waals surface area (Å²) in [5, 5.41) is 7.00. The zero-order valence-corrected chi connectivity index (χ0v) is 16.3. The van der Waals surface area contributed by atoms with E-state index in [0.717, 1.165) is 22.4 Å². The number of amides is 1. The van der Waals surface area contributed by atoms with Crippen LogP contribution in [0.5, 0.6) is 0 Å². The Bertz CT molecular complexity index is 998. The summed E-state index contributed by atoms with van der Waals surface area (Å²) >= 11 is 6.01. The minimum Gasteiger partial charge on any atom is -0.273 e. The van der Waals surface area contributed by atoms with Gasteiger partial charge in [0.2, 0.25) is 5.91 Å². The molecule has 1 aliphatic rings. The average Bonchev–Trinajstić information content (AvgIpc) is 3.16. The van der Waals surface area contributed by atoms with Crippen LogP contribution < -0.4 is 0 Å². The lowest BCUT2D eigenvalue weighted by molar-refractivity contribution is -0.132. The van der Waals surface area contributed by atoms with Gasteiger partial charge in [-0.1, -0.05) is 53.6 Å². The van der Waals surface area contributed by atoms with Crippen LogP contribution in [-0.4, -0.2) is 21.6 Å². The number of carbonyl (C=O) groups excluding carboxylic acids is 1. The maximum Gasteiger partial charge on any atom is 0.247 e. The van der Waals surface area contributed by atoms with Gasteiger partial charge in [0, 0.05) is 23.8 Å². The molecule has 0 spiro atoms. The van der Waals surface area contributed by atoms with Crippen LogP contribution >= 0.6 is 11.6 Å². The number of rotatable bonds is 4. The topological polar surface area (TPSA) is 45.6 Å². The van der Waals surface area contributed by atoms with Crippen LogP contribution in [-0.2, 0) is 11.2 Å². The van der Waals surface area contributed by atoms with Crippen LogP contribution in [0.2, 0.25) is 5.02 Å². The first-order valence-corrected chi connectivity index (χ1v) is 9.59. The van der Waals surface area contributed by atoms with Gasteiger partial charge < -0.3 is 0 Å². The molecule has 3 aromatic rings. The molecule has 140 valence electrons. The first-order chi connectivity index (χ1) is 13.6. The Kier molecular flexibility index (Phi) is 5.22. The van der Waals surface area contributed by atoms with Crippen molar-refractivity contribution >= 4 is 23.2 Å². The second-order valence-corrected chi connectivity index (χ2v) is 7.39. The fourth-order valence-electron chi connectivity index (χ4n) is 3.36. The van der Waals surface area contributed by atoms with Crippen LogP contribution in [0.15, 0.2) is 78.2 Å². The van der Waals surface area contributed by atoms with Crippen molar-refractivity contribution in [3.05, 3.63) is 100 Å². The van der Waals surface area contributed by atoms with Crippen molar-refractivity contribution in [2.45, 2.75) is 25.8 Å². The highest BCUT2D eigenvalue weighted by Crippen LogP contribution is 2.33. The summed E-state index contributed by atoms with van der Waals surface area (Å²) < 4.78 is 0. The van der Waals surface area contributed by atoms with E-state index < -0.39 is 0 Å². The van der Waals surface area contributed by atoms with E-state index in [9.17, 15) is 4.79 Å². The number of hydrazone groups is 1. The molecule has 0 bridgehead atoms. The summed E-state index contributed by atoms with van der Waals surface area (Å²) in [5.74, 6) is -0.0189. The van der Waals surface area contributed by atoms with E-state index in [-0.39, 0.29) is 11.9 Å². The fraction of sp³-hybridized carbons (Fsp3) is 0.174. The van der Waals surface area contributed by atoms with Gasteiger partial charge in [-0.3, -0.25) is 9.78 Å². The van der Waals surface area contributed by atoms with Crippen molar-refractivity contribution in [2.24, 2.45) is 5.10 Å². The molecule has 5 heteroatoms. The number of carbonyl (C=O) groups is 1. The summed E-state index contributed by atoms with van der Waals surface area (Å²) in [7, 11) is 0. The minimum atomic E-state index is -0.133. The first kappa shape index (κ1) is 18.4. The van der Waals surface area contributed by atoms with Crippen molar-refractivity contribution in [1.29, 1.82) is 0 Å². The number of benzene rings is 2. The molecule has 0 saturated carbocycles. The number of aromatic nitrogens is 1. The average molecular weight is 390 g/mol. The second-order valence-electron chi connectivity index (χ2n) is 6.95. The fourth-order valence-corrected chi connectivity index (χ4v) is 3.49. The molecule has 28 heavy (non-hydrogen) atoms. The molecule has 0 saturated heterocycles. The van der Waals surface area contributed by atoms with Crippen molar-refractivity contribution in [3.8, 4) is 0 Å². The van der Waals surface area contributed by atoms with Gasteiger partial charge in [-0.05, 0) is 47.9 Å². The number of pyridine rings is 1. The SMILES string of the molecule is Cc1ccc(CC(=O)N2N=C(c3ccc(Cl)cc3)CC2c2ccncc2)cc1. The molecule has 0 aliphatic carbocycles. The van der Waals surface area contributed by atoms with Crippen molar-refractivity contribution in [3.63, 3.8) is 0 Å². The molecule has 2 aromatic carbocycles. The van der Waals surface area contributed by atoms with Crippen molar-refractivity contribution < 1.29 is 4.79 Å². The normalized spacial score (nSPS) is 16.1.